The highest BCUT2D eigenvalue weighted by Gasteiger charge is 2.30. The van der Waals surface area contributed by atoms with Crippen LogP contribution >= 0.6 is 11.6 Å². The molecule has 2 heterocycles. The Bertz CT molecular complexity index is 1410. The van der Waals surface area contributed by atoms with E-state index < -0.39 is 29.0 Å². The second kappa shape index (κ2) is 9.26. The highest BCUT2D eigenvalue weighted by Crippen LogP contribution is 2.29. The fraction of sp³-hybridized carbons (Fsp3) is 0.182. The van der Waals surface area contributed by atoms with Gasteiger partial charge in [-0.25, -0.2) is 14.1 Å². The Morgan fingerprint density at radius 1 is 1.15 bits per heavy atom. The van der Waals surface area contributed by atoms with Gasteiger partial charge in [-0.05, 0) is 29.8 Å². The second-order valence-electron chi connectivity index (χ2n) is 7.33. The van der Waals surface area contributed by atoms with Gasteiger partial charge in [-0.2, -0.15) is 18.3 Å². The number of carbonyl (C=O) groups excluding carboxylic acids is 1. The van der Waals surface area contributed by atoms with Crippen LogP contribution in [0.1, 0.15) is 21.5 Å². The number of hydrogen-bond acceptors (Lipinski definition) is 4. The van der Waals surface area contributed by atoms with Gasteiger partial charge in [0.05, 0.1) is 35.4 Å². The Morgan fingerprint density at radius 3 is 2.65 bits per heavy atom. The van der Waals surface area contributed by atoms with E-state index in [4.69, 9.17) is 11.6 Å². The van der Waals surface area contributed by atoms with Crippen LogP contribution in [0, 0.1) is 5.82 Å². The molecule has 0 bridgehead atoms. The molecule has 0 fully saturated rings. The van der Waals surface area contributed by atoms with E-state index in [0.29, 0.717) is 5.56 Å². The molecule has 0 saturated carbocycles. The third kappa shape index (κ3) is 4.79. The zero-order valence-corrected chi connectivity index (χ0v) is 18.1. The van der Waals surface area contributed by atoms with E-state index in [1.165, 1.54) is 46.0 Å². The highest BCUT2D eigenvalue weighted by atomic mass is 35.5. The van der Waals surface area contributed by atoms with Gasteiger partial charge in [0.25, 0.3) is 11.5 Å². The fourth-order valence-corrected chi connectivity index (χ4v) is 3.64. The Hall–Kier alpha value is -3.73. The first-order valence-corrected chi connectivity index (χ1v) is 10.3. The molecular formula is C22H16ClF4N5O2. The lowest BCUT2D eigenvalue weighted by Crippen LogP contribution is -2.28. The summed E-state index contributed by atoms with van der Waals surface area (Å²) in [5.41, 5.74) is -1.02. The van der Waals surface area contributed by atoms with Crippen LogP contribution in [0.25, 0.3) is 11.0 Å². The van der Waals surface area contributed by atoms with Gasteiger partial charge in [-0.1, -0.05) is 29.8 Å². The van der Waals surface area contributed by atoms with Crippen LogP contribution in [0.2, 0.25) is 5.02 Å². The summed E-state index contributed by atoms with van der Waals surface area (Å²) in [6, 6.07) is 8.60. The lowest BCUT2D eigenvalue weighted by atomic mass is 10.1. The van der Waals surface area contributed by atoms with Crippen molar-refractivity contribution in [3.63, 3.8) is 0 Å². The van der Waals surface area contributed by atoms with Crippen LogP contribution in [0.4, 0.5) is 17.6 Å². The van der Waals surface area contributed by atoms with Crippen LogP contribution in [0.3, 0.4) is 0 Å². The van der Waals surface area contributed by atoms with Gasteiger partial charge in [-0.15, -0.1) is 0 Å². The summed E-state index contributed by atoms with van der Waals surface area (Å²) in [5.74, 6) is -1.45. The first kappa shape index (κ1) is 23.4. The summed E-state index contributed by atoms with van der Waals surface area (Å²) < 4.78 is 55.3. The minimum Gasteiger partial charge on any atom is -0.350 e. The molecule has 176 valence electrons. The van der Waals surface area contributed by atoms with Gasteiger partial charge in [0, 0.05) is 6.54 Å². The number of nitrogens with one attached hydrogen (secondary N) is 1. The topological polar surface area (TPSA) is 81.8 Å². The van der Waals surface area contributed by atoms with Crippen molar-refractivity contribution in [2.24, 2.45) is 0 Å². The molecule has 2 aromatic carbocycles. The minimum atomic E-state index is -4.49. The molecule has 1 N–H and O–H groups in total. The van der Waals surface area contributed by atoms with E-state index >= 15 is 0 Å². The number of fused-ring (bicyclic) bond motifs is 1. The largest absolute Gasteiger partial charge is 0.416 e. The van der Waals surface area contributed by atoms with Crippen LogP contribution in [-0.4, -0.2) is 31.8 Å². The molecule has 2 aromatic heterocycles. The van der Waals surface area contributed by atoms with Crippen molar-refractivity contribution in [2.45, 2.75) is 19.3 Å². The van der Waals surface area contributed by atoms with E-state index in [9.17, 15) is 27.2 Å². The predicted octanol–water partition coefficient (Wildman–Crippen LogP) is 3.88. The van der Waals surface area contributed by atoms with Crippen molar-refractivity contribution in [3.8, 4) is 0 Å². The highest BCUT2D eigenvalue weighted by molar-refractivity contribution is 6.33. The Morgan fingerprint density at radius 2 is 1.91 bits per heavy atom. The Balaban J connectivity index is 1.48. The average molecular weight is 494 g/mol. The predicted molar refractivity (Wildman–Crippen MR) is 116 cm³/mol. The lowest BCUT2D eigenvalue weighted by molar-refractivity contribution is -0.137. The molecule has 7 nitrogen and oxygen atoms in total. The first-order valence-electron chi connectivity index (χ1n) is 9.94. The van der Waals surface area contributed by atoms with Gasteiger partial charge in [0.15, 0.2) is 5.65 Å². The number of hydrogen-bond donors (Lipinski definition) is 1. The number of benzene rings is 2. The van der Waals surface area contributed by atoms with Crippen molar-refractivity contribution in [1.29, 1.82) is 0 Å². The molecule has 1 amide bonds. The van der Waals surface area contributed by atoms with Gasteiger partial charge in [-0.3, -0.25) is 14.2 Å². The molecule has 4 aromatic rings. The molecule has 0 aliphatic carbocycles. The fourth-order valence-electron chi connectivity index (χ4n) is 3.39. The molecule has 0 radical (unpaired) electrons. The van der Waals surface area contributed by atoms with Crippen LogP contribution in [0.15, 0.2) is 59.8 Å². The summed E-state index contributed by atoms with van der Waals surface area (Å²) in [5, 5.41) is 6.77. The minimum absolute atomic E-state index is 0.0231. The molecule has 0 aliphatic rings. The maximum absolute atomic E-state index is 13.9. The summed E-state index contributed by atoms with van der Waals surface area (Å²) in [6.07, 6.45) is -1.97. The molecule has 4 rings (SSSR count). The van der Waals surface area contributed by atoms with E-state index in [-0.39, 0.29) is 41.3 Å². The van der Waals surface area contributed by atoms with E-state index in [2.05, 4.69) is 15.4 Å². The Kier molecular flexibility index (Phi) is 6.38. The Labute approximate surface area is 194 Å². The maximum atomic E-state index is 13.9. The normalized spacial score (nSPS) is 11.7. The van der Waals surface area contributed by atoms with Crippen molar-refractivity contribution < 1.29 is 22.4 Å². The van der Waals surface area contributed by atoms with Gasteiger partial charge < -0.3 is 5.32 Å². The van der Waals surface area contributed by atoms with Crippen molar-refractivity contribution >= 4 is 28.5 Å². The third-order valence-corrected chi connectivity index (χ3v) is 5.34. The number of halogens is 5. The monoisotopic (exact) mass is 493 g/mol. The number of nitrogens with zero attached hydrogens (tertiary/aromatic N) is 4. The van der Waals surface area contributed by atoms with Gasteiger partial charge >= 0.3 is 6.18 Å². The summed E-state index contributed by atoms with van der Waals surface area (Å²) in [7, 11) is 0. The summed E-state index contributed by atoms with van der Waals surface area (Å²) in [6.45, 7) is 0.0804. The van der Waals surface area contributed by atoms with E-state index in [1.807, 2.05) is 0 Å². The van der Waals surface area contributed by atoms with Crippen molar-refractivity contribution in [1.82, 2.24) is 24.6 Å². The van der Waals surface area contributed by atoms with Gasteiger partial charge in [0.1, 0.15) is 17.5 Å². The molecule has 0 saturated heterocycles. The van der Waals surface area contributed by atoms with Crippen LogP contribution in [0.5, 0.6) is 0 Å². The SMILES string of the molecule is O=C(NCCn1ncc2c(=O)n(Cc3cccc(C(F)(F)F)c3)cnc21)c1c(F)cccc1Cl. The molecule has 0 unspecified atom stereocenters. The molecule has 34 heavy (non-hydrogen) atoms. The number of alkyl halides is 3. The average Bonchev–Trinajstić information content (AvgIpc) is 3.19. The molecule has 0 aliphatic heterocycles. The van der Waals surface area contributed by atoms with Crippen LogP contribution in [-0.2, 0) is 19.3 Å². The van der Waals surface area contributed by atoms with Gasteiger partial charge in [0.2, 0.25) is 0 Å². The number of rotatable bonds is 6. The van der Waals surface area contributed by atoms with E-state index in [1.54, 1.807) is 0 Å². The first-order chi connectivity index (χ1) is 16.1. The molecule has 0 atom stereocenters. The second-order valence-corrected chi connectivity index (χ2v) is 7.74. The van der Waals surface area contributed by atoms with E-state index in [0.717, 1.165) is 18.2 Å². The number of aromatic nitrogens is 4. The van der Waals surface area contributed by atoms with Crippen LogP contribution < -0.4 is 10.9 Å². The summed E-state index contributed by atoms with van der Waals surface area (Å²) in [4.78, 5) is 29.2. The summed E-state index contributed by atoms with van der Waals surface area (Å²) >= 11 is 5.88. The zero-order valence-electron chi connectivity index (χ0n) is 17.3. The zero-order chi connectivity index (χ0) is 24.5. The molecular weight excluding hydrogens is 478 g/mol. The molecule has 0 spiro atoms. The standard InChI is InChI=1S/C22H16ClF4N5O2/c23-16-5-2-6-17(24)18(16)20(33)28-7-8-32-19-15(10-30-32)21(34)31(12-29-19)11-13-3-1-4-14(9-13)22(25,26)27/h1-6,9-10,12H,7-8,11H2,(H,28,33). The molecule has 12 heteroatoms. The third-order valence-electron chi connectivity index (χ3n) is 5.03. The lowest BCUT2D eigenvalue weighted by Gasteiger charge is -2.10. The number of amides is 1. The smallest absolute Gasteiger partial charge is 0.350 e. The quantitative estimate of drug-likeness (QED) is 0.413. The van der Waals surface area contributed by atoms with Crippen molar-refractivity contribution in [3.05, 3.63) is 92.9 Å². The van der Waals surface area contributed by atoms with Crippen molar-refractivity contribution in [2.75, 3.05) is 6.54 Å². The maximum Gasteiger partial charge on any atom is 0.416 e. The number of carbonyl (C=O) groups is 1.